The minimum atomic E-state index is -0.303. The summed E-state index contributed by atoms with van der Waals surface area (Å²) in [6, 6.07) is 17.3. The molecule has 2 heterocycles. The van der Waals surface area contributed by atoms with Crippen molar-refractivity contribution < 1.29 is 24.6 Å². The summed E-state index contributed by atoms with van der Waals surface area (Å²) in [6.07, 6.45) is 1.98. The molecule has 0 spiro atoms. The fourth-order valence-corrected chi connectivity index (χ4v) is 4.39. The molecule has 0 saturated heterocycles. The van der Waals surface area contributed by atoms with Crippen molar-refractivity contribution in [3.63, 3.8) is 0 Å². The van der Waals surface area contributed by atoms with E-state index < -0.39 is 0 Å². The Bertz CT molecular complexity index is 1220. The minimum Gasteiger partial charge on any atom is -0.504 e. The number of aromatic hydroxyl groups is 2. The lowest BCUT2D eigenvalue weighted by Crippen LogP contribution is -2.31. The first-order valence-corrected chi connectivity index (χ1v) is 11.8. The van der Waals surface area contributed by atoms with E-state index in [0.717, 1.165) is 11.3 Å². The maximum atomic E-state index is 12.8. The van der Waals surface area contributed by atoms with Crippen molar-refractivity contribution in [1.82, 2.24) is 15.2 Å². The third-order valence-corrected chi connectivity index (χ3v) is 6.25. The molecule has 182 valence electrons. The highest BCUT2D eigenvalue weighted by molar-refractivity contribution is 6.08. The molecule has 8 heteroatoms. The normalized spacial score (nSPS) is 14.3. The molecule has 4 N–H and O–H groups in total. The summed E-state index contributed by atoms with van der Waals surface area (Å²) in [5.74, 6) is -0.909. The molecule has 0 bridgehead atoms. The Morgan fingerprint density at radius 3 is 2.49 bits per heavy atom. The molecule has 3 aromatic rings. The van der Waals surface area contributed by atoms with Crippen LogP contribution in [0.2, 0.25) is 0 Å². The second-order valence-corrected chi connectivity index (χ2v) is 8.65. The molecule has 4 rings (SSSR count). The van der Waals surface area contributed by atoms with Crippen LogP contribution in [0.4, 0.5) is 0 Å². The van der Waals surface area contributed by atoms with E-state index in [0.29, 0.717) is 50.2 Å². The van der Waals surface area contributed by atoms with Gasteiger partial charge in [-0.25, -0.2) is 0 Å². The number of ketones is 1. The molecule has 1 aromatic heterocycles. The Morgan fingerprint density at radius 2 is 1.71 bits per heavy atom. The number of aromatic nitrogens is 1. The number of nitrogens with zero attached hydrogens (tertiary/aromatic N) is 1. The van der Waals surface area contributed by atoms with Crippen molar-refractivity contribution in [3.05, 3.63) is 83.2 Å². The molecule has 0 radical (unpaired) electrons. The van der Waals surface area contributed by atoms with Gasteiger partial charge < -0.3 is 25.4 Å². The first-order chi connectivity index (χ1) is 16.9. The molecule has 1 atom stereocenters. The van der Waals surface area contributed by atoms with E-state index in [2.05, 4.69) is 10.6 Å². The van der Waals surface area contributed by atoms with Crippen LogP contribution in [0.25, 0.3) is 0 Å². The predicted octanol–water partition coefficient (Wildman–Crippen LogP) is 2.87. The number of amides is 2. The fourth-order valence-electron chi connectivity index (χ4n) is 4.39. The summed E-state index contributed by atoms with van der Waals surface area (Å²) in [5, 5.41) is 24.6. The summed E-state index contributed by atoms with van der Waals surface area (Å²) in [5.41, 5.74) is 2.88. The molecular formula is C27H29N3O5. The van der Waals surface area contributed by atoms with Gasteiger partial charge in [-0.1, -0.05) is 36.4 Å². The first kappa shape index (κ1) is 24.1. The van der Waals surface area contributed by atoms with Crippen LogP contribution in [0.3, 0.4) is 0 Å². The molecule has 1 aliphatic heterocycles. The number of benzene rings is 2. The van der Waals surface area contributed by atoms with Gasteiger partial charge in [-0.3, -0.25) is 14.4 Å². The monoisotopic (exact) mass is 475 g/mol. The van der Waals surface area contributed by atoms with Crippen molar-refractivity contribution in [3.8, 4) is 11.5 Å². The van der Waals surface area contributed by atoms with Crippen LogP contribution >= 0.6 is 0 Å². The number of phenols is 2. The van der Waals surface area contributed by atoms with Crippen molar-refractivity contribution in [2.24, 2.45) is 0 Å². The van der Waals surface area contributed by atoms with Crippen molar-refractivity contribution in [1.29, 1.82) is 0 Å². The number of hydrogen-bond acceptors (Lipinski definition) is 5. The molecule has 1 unspecified atom stereocenters. The van der Waals surface area contributed by atoms with Crippen LogP contribution in [-0.2, 0) is 22.6 Å². The van der Waals surface area contributed by atoms with E-state index in [-0.39, 0.29) is 41.4 Å². The molecule has 8 nitrogen and oxygen atoms in total. The van der Waals surface area contributed by atoms with Gasteiger partial charge in [0, 0.05) is 37.3 Å². The Morgan fingerprint density at radius 1 is 0.914 bits per heavy atom. The van der Waals surface area contributed by atoms with Crippen molar-refractivity contribution >= 4 is 17.6 Å². The van der Waals surface area contributed by atoms with Gasteiger partial charge in [0.1, 0.15) is 0 Å². The van der Waals surface area contributed by atoms with Crippen LogP contribution in [0.5, 0.6) is 11.5 Å². The lowest BCUT2D eigenvalue weighted by molar-refractivity contribution is -0.123. The zero-order chi connectivity index (χ0) is 24.8. The van der Waals surface area contributed by atoms with E-state index in [1.54, 1.807) is 24.3 Å². The second-order valence-electron chi connectivity index (χ2n) is 8.65. The van der Waals surface area contributed by atoms with Crippen LogP contribution in [0, 0.1) is 0 Å². The maximum absolute atomic E-state index is 12.8. The Labute approximate surface area is 203 Å². The van der Waals surface area contributed by atoms with E-state index in [4.69, 9.17) is 0 Å². The average molecular weight is 476 g/mol. The van der Waals surface area contributed by atoms with Gasteiger partial charge >= 0.3 is 0 Å². The molecule has 1 aliphatic rings. The third kappa shape index (κ3) is 5.71. The lowest BCUT2D eigenvalue weighted by atomic mass is 10.0. The predicted molar refractivity (Wildman–Crippen MR) is 130 cm³/mol. The molecule has 2 aromatic carbocycles. The summed E-state index contributed by atoms with van der Waals surface area (Å²) in [6.45, 7) is 1.43. The van der Waals surface area contributed by atoms with Gasteiger partial charge in [-0.05, 0) is 49.1 Å². The topological polar surface area (TPSA) is 121 Å². The van der Waals surface area contributed by atoms with Crippen molar-refractivity contribution in [2.75, 3.05) is 13.1 Å². The first-order valence-electron chi connectivity index (χ1n) is 11.8. The minimum absolute atomic E-state index is 0.0499. The second kappa shape index (κ2) is 10.9. The van der Waals surface area contributed by atoms with E-state index in [9.17, 15) is 24.6 Å². The lowest BCUT2D eigenvalue weighted by Gasteiger charge is -2.11. The number of carbonyl (C=O) groups is 3. The molecule has 0 saturated carbocycles. The fraction of sp³-hybridized carbons (Fsp3) is 0.296. The number of hydrogen-bond donors (Lipinski definition) is 4. The third-order valence-electron chi connectivity index (χ3n) is 6.25. The highest BCUT2D eigenvalue weighted by atomic mass is 16.3. The Kier molecular flexibility index (Phi) is 7.50. The largest absolute Gasteiger partial charge is 0.504 e. The van der Waals surface area contributed by atoms with Gasteiger partial charge in [-0.15, -0.1) is 0 Å². The number of nitrogens with one attached hydrogen (secondary N) is 2. The van der Waals surface area contributed by atoms with E-state index in [1.807, 2.05) is 28.8 Å². The summed E-state index contributed by atoms with van der Waals surface area (Å²) >= 11 is 0. The summed E-state index contributed by atoms with van der Waals surface area (Å²) in [4.78, 5) is 37.6. The average Bonchev–Trinajstić information content (AvgIpc) is 3.46. The van der Waals surface area contributed by atoms with Gasteiger partial charge in [0.25, 0.3) is 0 Å². The van der Waals surface area contributed by atoms with Crippen molar-refractivity contribution in [2.45, 2.75) is 38.1 Å². The number of rotatable bonds is 10. The standard InChI is InChI=1S/C27H29N3O5/c31-23-11-8-18(17-24(23)32)12-15-28-25(33)7-4-14-29-27(35)20-13-16-30-21(20)9-10-22(30)26(34)19-5-2-1-3-6-19/h1-3,5-6,8-11,17,20,31-32H,4,7,12-16H2,(H,28,33)(H,29,35). The van der Waals surface area contributed by atoms with Crippen LogP contribution < -0.4 is 10.6 Å². The SMILES string of the molecule is O=C(CCCNC(=O)C1CCn2c(C(=O)c3ccccc3)ccc21)NCCc1ccc(O)c(O)c1. The molecule has 0 aliphatic carbocycles. The molecule has 35 heavy (non-hydrogen) atoms. The zero-order valence-electron chi connectivity index (χ0n) is 19.4. The highest BCUT2D eigenvalue weighted by Gasteiger charge is 2.31. The van der Waals surface area contributed by atoms with Gasteiger partial charge in [0.15, 0.2) is 11.5 Å². The Hall–Kier alpha value is -4.07. The van der Waals surface area contributed by atoms with E-state index in [1.165, 1.54) is 12.1 Å². The number of fused-ring (bicyclic) bond motifs is 1. The highest BCUT2D eigenvalue weighted by Crippen LogP contribution is 2.31. The van der Waals surface area contributed by atoms with E-state index >= 15 is 0 Å². The zero-order valence-corrected chi connectivity index (χ0v) is 19.4. The molecule has 0 fully saturated rings. The van der Waals surface area contributed by atoms with Crippen LogP contribution in [0.15, 0.2) is 60.7 Å². The van der Waals surface area contributed by atoms with Crippen LogP contribution in [0.1, 0.15) is 52.5 Å². The molecule has 2 amide bonds. The number of carbonyl (C=O) groups excluding carboxylic acids is 3. The smallest absolute Gasteiger partial charge is 0.229 e. The summed E-state index contributed by atoms with van der Waals surface area (Å²) < 4.78 is 1.93. The van der Waals surface area contributed by atoms with Gasteiger partial charge in [0.05, 0.1) is 11.6 Å². The quantitative estimate of drug-likeness (QED) is 0.204. The number of phenolic OH excluding ortho intramolecular Hbond substituents is 2. The maximum Gasteiger partial charge on any atom is 0.229 e. The van der Waals surface area contributed by atoms with Gasteiger partial charge in [0.2, 0.25) is 17.6 Å². The summed E-state index contributed by atoms with van der Waals surface area (Å²) in [7, 11) is 0. The Balaban J connectivity index is 1.19. The molecular weight excluding hydrogens is 446 g/mol. The van der Waals surface area contributed by atoms with Crippen LogP contribution in [-0.4, -0.2) is 45.5 Å². The van der Waals surface area contributed by atoms with Gasteiger partial charge in [-0.2, -0.15) is 0 Å².